The summed E-state index contributed by atoms with van der Waals surface area (Å²) < 4.78 is 38.7. The number of hydrogen-bond donors (Lipinski definition) is 1. The largest absolute Gasteiger partial charge is 0.495 e. The second kappa shape index (κ2) is 10.6. The summed E-state index contributed by atoms with van der Waals surface area (Å²) in [6.45, 7) is 1.76. The van der Waals surface area contributed by atoms with Crippen molar-refractivity contribution in [2.24, 2.45) is 0 Å². The topological polar surface area (TPSA) is 93.1 Å². The molecule has 34 heavy (non-hydrogen) atoms. The third kappa shape index (κ3) is 5.53. The zero-order valence-electron chi connectivity index (χ0n) is 18.7. The Morgan fingerprint density at radius 3 is 2.44 bits per heavy atom. The third-order valence-corrected chi connectivity index (χ3v) is 7.16. The molecule has 0 aliphatic carbocycles. The third-order valence-electron chi connectivity index (χ3n) is 4.93. The normalized spacial score (nSPS) is 10.7. The highest BCUT2D eigenvalue weighted by molar-refractivity contribution is 9.10. The van der Waals surface area contributed by atoms with E-state index in [1.54, 1.807) is 20.1 Å². The molecule has 0 atom stereocenters. The van der Waals surface area contributed by atoms with Gasteiger partial charge in [-0.15, -0.1) is 0 Å². The van der Waals surface area contributed by atoms with E-state index in [0.717, 1.165) is 9.87 Å². The molecule has 0 unspecified atom stereocenters. The second-order valence-corrected chi connectivity index (χ2v) is 10.0. The van der Waals surface area contributed by atoms with Gasteiger partial charge in [0.25, 0.3) is 10.0 Å². The van der Waals surface area contributed by atoms with E-state index in [2.05, 4.69) is 27.8 Å². The Labute approximate surface area is 207 Å². The van der Waals surface area contributed by atoms with Crippen LogP contribution < -0.4 is 13.8 Å². The van der Waals surface area contributed by atoms with E-state index >= 15 is 0 Å². The number of methoxy groups -OCH3 is 1. The number of halogens is 1. The summed E-state index contributed by atoms with van der Waals surface area (Å²) in [6, 6.07) is 16.3. The van der Waals surface area contributed by atoms with Gasteiger partial charge in [0.2, 0.25) is 0 Å². The number of carboxylic acid groups (broad SMARTS) is 1. The summed E-state index contributed by atoms with van der Waals surface area (Å²) in [5.74, 6) is 5.76. The average molecular weight is 544 g/mol. The Morgan fingerprint density at radius 1 is 1.12 bits per heavy atom. The number of ether oxygens (including phenoxy) is 2. The molecule has 0 aliphatic heterocycles. The van der Waals surface area contributed by atoms with Gasteiger partial charge in [-0.2, -0.15) is 0 Å². The number of para-hydroxylation sites is 1. The number of aryl methyl sites for hydroxylation is 1. The molecule has 3 rings (SSSR count). The van der Waals surface area contributed by atoms with Crippen molar-refractivity contribution in [1.82, 2.24) is 0 Å². The molecule has 0 spiro atoms. The highest BCUT2D eigenvalue weighted by Crippen LogP contribution is 2.32. The number of sulfonamides is 1. The molecule has 0 radical (unpaired) electrons. The van der Waals surface area contributed by atoms with Crippen molar-refractivity contribution in [3.8, 4) is 23.3 Å². The molecule has 0 fully saturated rings. The van der Waals surface area contributed by atoms with Gasteiger partial charge in [-0.3, -0.25) is 4.31 Å². The van der Waals surface area contributed by atoms with Crippen molar-refractivity contribution in [2.75, 3.05) is 25.1 Å². The molecule has 176 valence electrons. The second-order valence-electron chi connectivity index (χ2n) is 7.16. The molecule has 0 aromatic heterocycles. The fourth-order valence-electron chi connectivity index (χ4n) is 3.30. The van der Waals surface area contributed by atoms with Crippen LogP contribution in [0.3, 0.4) is 0 Å². The Hall–Kier alpha value is -3.48. The predicted octanol–water partition coefficient (Wildman–Crippen LogP) is 4.72. The van der Waals surface area contributed by atoms with Crippen molar-refractivity contribution < 1.29 is 27.8 Å². The minimum absolute atomic E-state index is 0.00103. The molecular weight excluding hydrogens is 522 g/mol. The van der Waals surface area contributed by atoms with Crippen molar-refractivity contribution in [3.63, 3.8) is 0 Å². The zero-order valence-corrected chi connectivity index (χ0v) is 21.1. The smallest absolute Gasteiger partial charge is 0.337 e. The lowest BCUT2D eigenvalue weighted by molar-refractivity contribution is 0.0697. The molecule has 9 heteroatoms. The first-order valence-corrected chi connectivity index (χ1v) is 12.3. The first-order valence-electron chi connectivity index (χ1n) is 10.0. The number of hydrogen-bond acceptors (Lipinski definition) is 5. The van der Waals surface area contributed by atoms with E-state index in [-0.39, 0.29) is 22.8 Å². The Balaban J connectivity index is 1.77. The standard InChI is InChI=1S/C25H22BrNO6S/c1-17-15-19(26)16-22(25(28)29)24(17)27(2)34(30,31)21-12-10-20(11-13-21)33-14-6-8-18-7-4-5-9-23(18)32-3/h4-5,7,9-13,15-16H,14H2,1-3H3,(H,28,29). The number of nitrogens with zero attached hydrogens (tertiary/aromatic N) is 1. The van der Waals surface area contributed by atoms with E-state index < -0.39 is 16.0 Å². The highest BCUT2D eigenvalue weighted by Gasteiger charge is 2.27. The molecule has 3 aromatic carbocycles. The molecule has 0 saturated carbocycles. The van der Waals surface area contributed by atoms with Crippen LogP contribution in [-0.4, -0.2) is 40.3 Å². The van der Waals surface area contributed by atoms with Crippen molar-refractivity contribution in [3.05, 3.63) is 81.8 Å². The predicted molar refractivity (Wildman–Crippen MR) is 133 cm³/mol. The summed E-state index contributed by atoms with van der Waals surface area (Å²) in [7, 11) is -1.11. The maximum atomic E-state index is 13.2. The van der Waals surface area contributed by atoms with Gasteiger partial charge in [0.15, 0.2) is 0 Å². The van der Waals surface area contributed by atoms with Crippen LogP contribution in [0.15, 0.2) is 70.0 Å². The average Bonchev–Trinajstić information content (AvgIpc) is 2.81. The molecule has 0 heterocycles. The number of carboxylic acids is 1. The van der Waals surface area contributed by atoms with Gasteiger partial charge in [0.05, 0.1) is 28.8 Å². The molecule has 0 bridgehead atoms. The van der Waals surface area contributed by atoms with Gasteiger partial charge in [0.1, 0.15) is 18.1 Å². The van der Waals surface area contributed by atoms with Gasteiger partial charge in [-0.1, -0.05) is 39.9 Å². The summed E-state index contributed by atoms with van der Waals surface area (Å²) in [5.41, 5.74) is 1.22. The molecule has 0 saturated heterocycles. The van der Waals surface area contributed by atoms with Crippen LogP contribution in [0.1, 0.15) is 21.5 Å². The fourth-order valence-corrected chi connectivity index (χ4v) is 5.15. The van der Waals surface area contributed by atoms with Gasteiger partial charge in [-0.25, -0.2) is 13.2 Å². The molecular formula is C25H22BrNO6S. The van der Waals surface area contributed by atoms with Crippen LogP contribution in [0.5, 0.6) is 11.5 Å². The number of benzene rings is 3. The quantitative estimate of drug-likeness (QED) is 0.433. The number of anilines is 1. The monoisotopic (exact) mass is 543 g/mol. The highest BCUT2D eigenvalue weighted by atomic mass is 79.9. The van der Waals surface area contributed by atoms with Crippen molar-refractivity contribution in [2.45, 2.75) is 11.8 Å². The number of carbonyl (C=O) groups is 1. The summed E-state index contributed by atoms with van der Waals surface area (Å²) in [4.78, 5) is 11.7. The Kier molecular flexibility index (Phi) is 7.87. The van der Waals surface area contributed by atoms with Crippen LogP contribution in [0.4, 0.5) is 5.69 Å². The van der Waals surface area contributed by atoms with Gasteiger partial charge < -0.3 is 14.6 Å². The minimum atomic E-state index is -4.01. The molecule has 0 aliphatic rings. The van der Waals surface area contributed by atoms with E-state index in [1.165, 1.54) is 37.4 Å². The van der Waals surface area contributed by atoms with Crippen LogP contribution in [-0.2, 0) is 10.0 Å². The summed E-state index contributed by atoms with van der Waals surface area (Å²) in [6.07, 6.45) is 0. The van der Waals surface area contributed by atoms with Crippen LogP contribution in [0.2, 0.25) is 0 Å². The Bertz CT molecular complexity index is 1370. The first-order chi connectivity index (χ1) is 16.1. The molecule has 0 amide bonds. The summed E-state index contributed by atoms with van der Waals surface area (Å²) in [5, 5.41) is 9.56. The van der Waals surface area contributed by atoms with Crippen LogP contribution in [0, 0.1) is 18.8 Å². The van der Waals surface area contributed by atoms with Gasteiger partial charge >= 0.3 is 5.97 Å². The van der Waals surface area contributed by atoms with E-state index in [1.807, 2.05) is 24.3 Å². The van der Waals surface area contributed by atoms with Crippen LogP contribution in [0.25, 0.3) is 0 Å². The molecule has 1 N–H and O–H groups in total. The van der Waals surface area contributed by atoms with E-state index in [4.69, 9.17) is 9.47 Å². The van der Waals surface area contributed by atoms with Gasteiger partial charge in [-0.05, 0) is 61.0 Å². The fraction of sp³-hybridized carbons (Fsp3) is 0.160. The van der Waals surface area contributed by atoms with Crippen LogP contribution >= 0.6 is 15.9 Å². The lowest BCUT2D eigenvalue weighted by Crippen LogP contribution is -2.29. The lowest BCUT2D eigenvalue weighted by atomic mass is 10.1. The lowest BCUT2D eigenvalue weighted by Gasteiger charge is -2.23. The number of rotatable bonds is 7. The van der Waals surface area contributed by atoms with Crippen molar-refractivity contribution >= 4 is 37.6 Å². The Morgan fingerprint density at radius 2 is 1.79 bits per heavy atom. The first kappa shape index (κ1) is 25.1. The van der Waals surface area contributed by atoms with E-state index in [0.29, 0.717) is 21.5 Å². The van der Waals surface area contributed by atoms with Crippen molar-refractivity contribution in [1.29, 1.82) is 0 Å². The van der Waals surface area contributed by atoms with E-state index in [9.17, 15) is 18.3 Å². The maximum absolute atomic E-state index is 13.2. The maximum Gasteiger partial charge on any atom is 0.337 e. The molecule has 3 aromatic rings. The SMILES string of the molecule is COc1ccccc1C#CCOc1ccc(S(=O)(=O)N(C)c2c(C)cc(Br)cc2C(=O)O)cc1. The minimum Gasteiger partial charge on any atom is -0.495 e. The van der Waals surface area contributed by atoms with Gasteiger partial charge in [0, 0.05) is 11.5 Å². The molecule has 7 nitrogen and oxygen atoms in total. The summed E-state index contributed by atoms with van der Waals surface area (Å²) >= 11 is 3.25. The zero-order chi connectivity index (χ0) is 24.9. The number of aromatic carboxylic acids is 1.